The highest BCUT2D eigenvalue weighted by atomic mass is 32.1. The van der Waals surface area contributed by atoms with Crippen molar-refractivity contribution in [3.63, 3.8) is 0 Å². The molecule has 29 heavy (non-hydrogen) atoms. The summed E-state index contributed by atoms with van der Waals surface area (Å²) in [5.74, 6) is -0.936. The van der Waals surface area contributed by atoms with Gasteiger partial charge in [0, 0.05) is 31.9 Å². The standard InChI is InChI=1S/C20H29N3O5S/c1-4-28-20(27)15-7-9-23(10-8-15)19(26)13-22(3)18(25)12-16(21-14(2)24)17-6-5-11-29-17/h5-6,11,15-16H,4,7-10,12-13H2,1-3H3,(H,21,24)/t16-/m0/s1. The van der Waals surface area contributed by atoms with E-state index in [4.69, 9.17) is 4.74 Å². The number of hydrogen-bond donors (Lipinski definition) is 1. The number of carbonyl (C=O) groups is 4. The molecule has 0 aliphatic carbocycles. The van der Waals surface area contributed by atoms with E-state index < -0.39 is 6.04 Å². The molecule has 0 bridgehead atoms. The summed E-state index contributed by atoms with van der Waals surface area (Å²) in [6, 6.07) is 3.34. The number of likely N-dealkylation sites (N-methyl/N-ethyl adjacent to an activating group) is 1. The molecule has 0 spiro atoms. The van der Waals surface area contributed by atoms with Crippen molar-refractivity contribution in [1.29, 1.82) is 0 Å². The zero-order valence-corrected chi connectivity index (χ0v) is 18.0. The molecule has 0 saturated carbocycles. The average Bonchev–Trinajstić information content (AvgIpc) is 3.22. The fraction of sp³-hybridized carbons (Fsp3) is 0.600. The smallest absolute Gasteiger partial charge is 0.309 e. The largest absolute Gasteiger partial charge is 0.466 e. The van der Waals surface area contributed by atoms with Crippen molar-refractivity contribution in [2.75, 3.05) is 33.3 Å². The fourth-order valence-corrected chi connectivity index (χ4v) is 4.08. The van der Waals surface area contributed by atoms with E-state index in [0.29, 0.717) is 32.5 Å². The van der Waals surface area contributed by atoms with Gasteiger partial charge >= 0.3 is 5.97 Å². The van der Waals surface area contributed by atoms with Gasteiger partial charge in [-0.15, -0.1) is 11.3 Å². The Hall–Kier alpha value is -2.42. The van der Waals surface area contributed by atoms with Crippen LogP contribution in [0, 0.1) is 5.92 Å². The van der Waals surface area contributed by atoms with E-state index in [9.17, 15) is 19.2 Å². The van der Waals surface area contributed by atoms with Crippen LogP contribution < -0.4 is 5.32 Å². The van der Waals surface area contributed by atoms with Crippen molar-refractivity contribution >= 4 is 35.0 Å². The van der Waals surface area contributed by atoms with Crippen LogP contribution in [-0.2, 0) is 23.9 Å². The summed E-state index contributed by atoms with van der Waals surface area (Å²) in [6.07, 6.45) is 1.24. The highest BCUT2D eigenvalue weighted by Gasteiger charge is 2.29. The Balaban J connectivity index is 1.84. The number of amides is 3. The van der Waals surface area contributed by atoms with Crippen LogP contribution in [-0.4, -0.2) is 66.8 Å². The van der Waals surface area contributed by atoms with Crippen LogP contribution >= 0.6 is 11.3 Å². The van der Waals surface area contributed by atoms with Gasteiger partial charge in [0.15, 0.2) is 0 Å². The van der Waals surface area contributed by atoms with Gasteiger partial charge in [-0.2, -0.15) is 0 Å². The molecule has 9 heteroatoms. The number of esters is 1. The molecular weight excluding hydrogens is 394 g/mol. The SMILES string of the molecule is CCOC(=O)C1CCN(C(=O)CN(C)C(=O)C[C@H](NC(C)=O)c2cccs2)CC1. The number of likely N-dealkylation sites (tertiary alicyclic amines) is 1. The predicted octanol–water partition coefficient (Wildman–Crippen LogP) is 1.58. The Bertz CT molecular complexity index is 714. The lowest BCUT2D eigenvalue weighted by Crippen LogP contribution is -2.46. The highest BCUT2D eigenvalue weighted by Crippen LogP contribution is 2.23. The van der Waals surface area contributed by atoms with E-state index >= 15 is 0 Å². The Morgan fingerprint density at radius 2 is 2.00 bits per heavy atom. The molecule has 1 fully saturated rings. The summed E-state index contributed by atoms with van der Waals surface area (Å²) >= 11 is 1.47. The van der Waals surface area contributed by atoms with Gasteiger partial charge in [-0.1, -0.05) is 6.07 Å². The van der Waals surface area contributed by atoms with Crippen LogP contribution in [0.4, 0.5) is 0 Å². The van der Waals surface area contributed by atoms with Gasteiger partial charge in [0.05, 0.1) is 31.5 Å². The molecule has 1 aliphatic heterocycles. The molecule has 3 amide bonds. The maximum Gasteiger partial charge on any atom is 0.309 e. The lowest BCUT2D eigenvalue weighted by molar-refractivity contribution is -0.151. The third kappa shape index (κ3) is 6.85. The van der Waals surface area contributed by atoms with Gasteiger partial charge in [0.2, 0.25) is 17.7 Å². The predicted molar refractivity (Wildman–Crippen MR) is 109 cm³/mol. The molecule has 1 atom stereocenters. The molecule has 0 radical (unpaired) electrons. The first-order valence-corrected chi connectivity index (χ1v) is 10.7. The number of ether oxygens (including phenoxy) is 1. The minimum atomic E-state index is -0.405. The van der Waals surface area contributed by atoms with E-state index in [0.717, 1.165) is 4.88 Å². The van der Waals surface area contributed by atoms with E-state index in [-0.39, 0.29) is 42.6 Å². The normalized spacial score (nSPS) is 15.5. The van der Waals surface area contributed by atoms with Crippen LogP contribution in [0.15, 0.2) is 17.5 Å². The number of hydrogen-bond acceptors (Lipinski definition) is 6. The average molecular weight is 424 g/mol. The summed E-state index contributed by atoms with van der Waals surface area (Å²) in [5, 5.41) is 4.69. The van der Waals surface area contributed by atoms with Gasteiger partial charge in [0.1, 0.15) is 0 Å². The molecule has 0 aromatic carbocycles. The zero-order valence-electron chi connectivity index (χ0n) is 17.2. The molecule has 1 aromatic heterocycles. The van der Waals surface area contributed by atoms with Crippen molar-refractivity contribution in [2.24, 2.45) is 5.92 Å². The topological polar surface area (TPSA) is 96.0 Å². The first-order chi connectivity index (χ1) is 13.8. The molecule has 1 N–H and O–H groups in total. The number of piperidine rings is 1. The van der Waals surface area contributed by atoms with E-state index in [1.165, 1.54) is 23.2 Å². The van der Waals surface area contributed by atoms with Crippen LogP contribution in [0.1, 0.15) is 44.0 Å². The van der Waals surface area contributed by atoms with Crippen LogP contribution in [0.2, 0.25) is 0 Å². The first-order valence-electron chi connectivity index (χ1n) is 9.80. The summed E-state index contributed by atoms with van der Waals surface area (Å²) in [5.41, 5.74) is 0. The maximum atomic E-state index is 12.6. The van der Waals surface area contributed by atoms with Gasteiger partial charge in [-0.05, 0) is 31.2 Å². The van der Waals surface area contributed by atoms with Crippen molar-refractivity contribution in [3.8, 4) is 0 Å². The monoisotopic (exact) mass is 423 g/mol. The summed E-state index contributed by atoms with van der Waals surface area (Å²) in [4.78, 5) is 52.4. The Kier molecular flexibility index (Phi) is 8.63. The quantitative estimate of drug-likeness (QED) is 0.641. The van der Waals surface area contributed by atoms with Crippen LogP contribution in [0.5, 0.6) is 0 Å². The van der Waals surface area contributed by atoms with E-state index in [1.807, 2.05) is 17.5 Å². The third-order valence-corrected chi connectivity index (χ3v) is 5.89. The van der Waals surface area contributed by atoms with E-state index in [2.05, 4.69) is 5.32 Å². The number of nitrogens with zero attached hydrogens (tertiary/aromatic N) is 2. The summed E-state index contributed by atoms with van der Waals surface area (Å²) in [7, 11) is 1.59. The molecule has 0 unspecified atom stereocenters. The van der Waals surface area contributed by atoms with Gasteiger partial charge in [-0.25, -0.2) is 0 Å². The second-order valence-electron chi connectivity index (χ2n) is 7.13. The number of carbonyl (C=O) groups excluding carboxylic acids is 4. The molecule has 160 valence electrons. The molecule has 8 nitrogen and oxygen atoms in total. The minimum Gasteiger partial charge on any atom is -0.466 e. The van der Waals surface area contributed by atoms with Crippen molar-refractivity contribution in [3.05, 3.63) is 22.4 Å². The van der Waals surface area contributed by atoms with Crippen LogP contribution in [0.3, 0.4) is 0 Å². The Morgan fingerprint density at radius 1 is 1.31 bits per heavy atom. The Morgan fingerprint density at radius 3 is 2.55 bits per heavy atom. The molecule has 2 rings (SSSR count). The van der Waals surface area contributed by atoms with Crippen molar-refractivity contribution in [1.82, 2.24) is 15.1 Å². The summed E-state index contributed by atoms with van der Waals surface area (Å²) < 4.78 is 5.04. The molecule has 1 aromatic rings. The second kappa shape index (κ2) is 10.9. The van der Waals surface area contributed by atoms with Crippen LogP contribution in [0.25, 0.3) is 0 Å². The van der Waals surface area contributed by atoms with Gasteiger partial charge in [0.25, 0.3) is 0 Å². The molecular formula is C20H29N3O5S. The van der Waals surface area contributed by atoms with Crippen molar-refractivity contribution < 1.29 is 23.9 Å². The number of nitrogens with one attached hydrogen (secondary N) is 1. The molecule has 2 heterocycles. The molecule has 1 aliphatic rings. The number of rotatable bonds is 8. The Labute approximate surface area is 175 Å². The lowest BCUT2D eigenvalue weighted by Gasteiger charge is -2.32. The van der Waals surface area contributed by atoms with Crippen molar-refractivity contribution in [2.45, 2.75) is 39.2 Å². The lowest BCUT2D eigenvalue weighted by atomic mass is 9.97. The van der Waals surface area contributed by atoms with Gasteiger partial charge < -0.3 is 19.9 Å². The highest BCUT2D eigenvalue weighted by molar-refractivity contribution is 7.10. The first kappa shape index (κ1) is 22.9. The minimum absolute atomic E-state index is 0.0276. The summed E-state index contributed by atoms with van der Waals surface area (Å²) in [6.45, 7) is 4.48. The fourth-order valence-electron chi connectivity index (χ4n) is 3.30. The second-order valence-corrected chi connectivity index (χ2v) is 8.11. The third-order valence-electron chi connectivity index (χ3n) is 4.91. The van der Waals surface area contributed by atoms with Gasteiger partial charge in [-0.3, -0.25) is 19.2 Å². The number of thiophene rings is 1. The molecule has 1 saturated heterocycles. The van der Waals surface area contributed by atoms with E-state index in [1.54, 1.807) is 18.9 Å². The maximum absolute atomic E-state index is 12.6. The zero-order chi connectivity index (χ0) is 21.4.